The molecular weight excluding hydrogens is 360 g/mol. The number of hydrogen-bond donors (Lipinski definition) is 2. The number of aryl methyl sites for hydroxylation is 1. The lowest BCUT2D eigenvalue weighted by atomic mass is 9.45. The zero-order chi connectivity index (χ0) is 20.6. The maximum Gasteiger partial charge on any atom is 0.0809 e. The number of aliphatic hydroxyl groups is 2. The largest absolute Gasteiger partial charge is 0.393 e. The van der Waals surface area contributed by atoms with Crippen molar-refractivity contribution in [2.45, 2.75) is 84.3 Å². The van der Waals surface area contributed by atoms with Gasteiger partial charge in [-0.05, 0) is 99.0 Å². The molecule has 1 heterocycles. The molecule has 4 fully saturated rings. The van der Waals surface area contributed by atoms with E-state index in [0.29, 0.717) is 17.3 Å². The van der Waals surface area contributed by atoms with Gasteiger partial charge in [-0.2, -0.15) is 5.10 Å². The molecule has 1 aromatic rings. The number of rotatable bonds is 1. The number of aromatic nitrogens is 2. The molecule has 0 aliphatic heterocycles. The first-order chi connectivity index (χ1) is 13.7. The van der Waals surface area contributed by atoms with E-state index in [1.807, 2.05) is 17.9 Å². The molecule has 29 heavy (non-hydrogen) atoms. The monoisotopic (exact) mass is 398 g/mol. The van der Waals surface area contributed by atoms with E-state index in [9.17, 15) is 10.2 Å². The van der Waals surface area contributed by atoms with E-state index in [4.69, 9.17) is 0 Å². The second kappa shape index (κ2) is 6.68. The molecular formula is C25H38N2O2. The molecule has 0 aromatic carbocycles. The standard InChI is InChI=1S/C25H38N2O2/c1-15-17(14-26-27(15)4)11-16-12-22-20-6-5-18-13-19(28)7-9-24(18,2)21(20)8-10-25(22,3)23(16)29/h11,14,18-23,28-29H,5-10,12-13H2,1-4H3/b16-11+/t18-,19-,20-,21+,22+,23+,24-,25-/m0/s1. The second-order valence-electron chi connectivity index (χ2n) is 11.3. The molecule has 4 aliphatic carbocycles. The van der Waals surface area contributed by atoms with Gasteiger partial charge in [0.2, 0.25) is 0 Å². The number of hydrogen-bond acceptors (Lipinski definition) is 3. The number of fused-ring (bicyclic) bond motifs is 5. The summed E-state index contributed by atoms with van der Waals surface area (Å²) in [5.41, 5.74) is 3.94. The fourth-order valence-corrected chi connectivity index (χ4v) is 8.09. The minimum atomic E-state index is -0.327. The Morgan fingerprint density at radius 1 is 1.07 bits per heavy atom. The van der Waals surface area contributed by atoms with E-state index in [2.05, 4.69) is 31.9 Å². The zero-order valence-corrected chi connectivity index (χ0v) is 18.6. The maximum atomic E-state index is 11.4. The Kier molecular flexibility index (Phi) is 4.57. The van der Waals surface area contributed by atoms with Crippen molar-refractivity contribution in [3.8, 4) is 0 Å². The van der Waals surface area contributed by atoms with Crippen molar-refractivity contribution in [3.63, 3.8) is 0 Å². The van der Waals surface area contributed by atoms with Crippen molar-refractivity contribution >= 4 is 6.08 Å². The zero-order valence-electron chi connectivity index (χ0n) is 18.6. The van der Waals surface area contributed by atoms with Crippen LogP contribution in [0.15, 0.2) is 11.8 Å². The van der Waals surface area contributed by atoms with Gasteiger partial charge < -0.3 is 10.2 Å². The Labute approximate surface area is 175 Å². The molecule has 0 bridgehead atoms. The normalized spacial score (nSPS) is 48.3. The van der Waals surface area contributed by atoms with Crippen LogP contribution in [0.2, 0.25) is 0 Å². The summed E-state index contributed by atoms with van der Waals surface area (Å²) in [6.07, 6.45) is 12.9. The van der Waals surface area contributed by atoms with Gasteiger partial charge >= 0.3 is 0 Å². The SMILES string of the molecule is Cc1c(/C=C2\C[C@@H]3[C@H]4CC[C@H]5C[C@@H](O)CC[C@]5(C)[C@@H]4CC[C@]3(C)[C@@H]2O)cnn1C. The van der Waals surface area contributed by atoms with E-state index in [0.717, 1.165) is 48.8 Å². The molecule has 4 saturated carbocycles. The quantitative estimate of drug-likeness (QED) is 0.733. The Balaban J connectivity index is 1.45. The molecule has 0 unspecified atom stereocenters. The van der Waals surface area contributed by atoms with Crippen molar-refractivity contribution in [2.75, 3.05) is 0 Å². The summed E-state index contributed by atoms with van der Waals surface area (Å²) in [6, 6.07) is 0. The topological polar surface area (TPSA) is 58.3 Å². The maximum absolute atomic E-state index is 11.4. The summed E-state index contributed by atoms with van der Waals surface area (Å²) in [4.78, 5) is 0. The van der Waals surface area contributed by atoms with Gasteiger partial charge in [-0.1, -0.05) is 13.8 Å². The minimum Gasteiger partial charge on any atom is -0.393 e. The molecule has 0 saturated heterocycles. The van der Waals surface area contributed by atoms with E-state index < -0.39 is 0 Å². The molecule has 0 radical (unpaired) electrons. The number of aliphatic hydroxyl groups excluding tert-OH is 2. The van der Waals surface area contributed by atoms with Gasteiger partial charge in [0.15, 0.2) is 0 Å². The molecule has 160 valence electrons. The third-order valence-corrected chi connectivity index (χ3v) is 10.1. The van der Waals surface area contributed by atoms with Crippen molar-refractivity contribution in [2.24, 2.45) is 41.5 Å². The third-order valence-electron chi connectivity index (χ3n) is 10.1. The highest BCUT2D eigenvalue weighted by molar-refractivity contribution is 5.57. The highest BCUT2D eigenvalue weighted by Gasteiger charge is 2.61. The third kappa shape index (κ3) is 2.81. The van der Waals surface area contributed by atoms with E-state index in [1.165, 1.54) is 31.3 Å². The Hall–Kier alpha value is -1.13. The first kappa shape index (κ1) is 19.8. The first-order valence-electron chi connectivity index (χ1n) is 11.8. The van der Waals surface area contributed by atoms with Crippen molar-refractivity contribution in [3.05, 3.63) is 23.0 Å². The van der Waals surface area contributed by atoms with Gasteiger partial charge in [0.25, 0.3) is 0 Å². The smallest absolute Gasteiger partial charge is 0.0809 e. The Morgan fingerprint density at radius 3 is 2.55 bits per heavy atom. The van der Waals surface area contributed by atoms with Crippen LogP contribution in [-0.4, -0.2) is 32.2 Å². The summed E-state index contributed by atoms with van der Waals surface area (Å²) in [5, 5.41) is 26.0. The molecule has 1 aromatic heterocycles. The van der Waals surface area contributed by atoms with Gasteiger partial charge in [0.05, 0.1) is 18.4 Å². The van der Waals surface area contributed by atoms with Crippen molar-refractivity contribution in [1.82, 2.24) is 9.78 Å². The molecule has 0 amide bonds. The molecule has 2 N–H and O–H groups in total. The Morgan fingerprint density at radius 2 is 1.83 bits per heavy atom. The van der Waals surface area contributed by atoms with Crippen LogP contribution in [0.3, 0.4) is 0 Å². The summed E-state index contributed by atoms with van der Waals surface area (Å²) in [5.74, 6) is 2.76. The molecule has 4 nitrogen and oxygen atoms in total. The average Bonchev–Trinajstić information content (AvgIpc) is 3.14. The first-order valence-corrected chi connectivity index (χ1v) is 11.8. The van der Waals surface area contributed by atoms with Gasteiger partial charge in [0, 0.05) is 23.7 Å². The fraction of sp³-hybridized carbons (Fsp3) is 0.800. The van der Waals surface area contributed by atoms with Gasteiger partial charge in [0.1, 0.15) is 0 Å². The van der Waals surface area contributed by atoms with Crippen LogP contribution in [0.4, 0.5) is 0 Å². The predicted molar refractivity (Wildman–Crippen MR) is 115 cm³/mol. The van der Waals surface area contributed by atoms with Crippen LogP contribution >= 0.6 is 0 Å². The highest BCUT2D eigenvalue weighted by atomic mass is 16.3. The summed E-state index contributed by atoms with van der Waals surface area (Å²) < 4.78 is 1.91. The van der Waals surface area contributed by atoms with Crippen LogP contribution in [0.1, 0.15) is 76.5 Å². The summed E-state index contributed by atoms with van der Waals surface area (Å²) in [6.45, 7) is 6.99. The molecule has 5 rings (SSSR count). The van der Waals surface area contributed by atoms with Crippen LogP contribution in [-0.2, 0) is 7.05 Å². The average molecular weight is 399 g/mol. The predicted octanol–water partition coefficient (Wildman–Crippen LogP) is 4.49. The second-order valence-corrected chi connectivity index (χ2v) is 11.3. The van der Waals surface area contributed by atoms with Crippen LogP contribution in [0, 0.1) is 41.4 Å². The van der Waals surface area contributed by atoms with Gasteiger partial charge in [-0.15, -0.1) is 0 Å². The van der Waals surface area contributed by atoms with Gasteiger partial charge in [-0.3, -0.25) is 4.68 Å². The van der Waals surface area contributed by atoms with Crippen molar-refractivity contribution in [1.29, 1.82) is 0 Å². The molecule has 8 atom stereocenters. The van der Waals surface area contributed by atoms with Crippen LogP contribution in [0.25, 0.3) is 6.08 Å². The lowest BCUT2D eigenvalue weighted by molar-refractivity contribution is -0.133. The minimum absolute atomic E-state index is 0.0144. The van der Waals surface area contributed by atoms with E-state index in [-0.39, 0.29) is 17.6 Å². The molecule has 4 heteroatoms. The van der Waals surface area contributed by atoms with Gasteiger partial charge in [-0.25, -0.2) is 0 Å². The lowest BCUT2D eigenvalue weighted by Gasteiger charge is -2.60. The van der Waals surface area contributed by atoms with E-state index >= 15 is 0 Å². The Bertz CT molecular complexity index is 829. The molecule has 0 spiro atoms. The van der Waals surface area contributed by atoms with Crippen LogP contribution in [0.5, 0.6) is 0 Å². The van der Waals surface area contributed by atoms with Crippen LogP contribution < -0.4 is 0 Å². The van der Waals surface area contributed by atoms with E-state index in [1.54, 1.807) is 0 Å². The van der Waals surface area contributed by atoms with Crippen molar-refractivity contribution < 1.29 is 10.2 Å². The molecule has 4 aliphatic rings. The lowest BCUT2D eigenvalue weighted by Crippen LogP contribution is -2.54. The fourth-order valence-electron chi connectivity index (χ4n) is 8.09. The summed E-state index contributed by atoms with van der Waals surface area (Å²) >= 11 is 0. The highest BCUT2D eigenvalue weighted by Crippen LogP contribution is 2.67. The summed E-state index contributed by atoms with van der Waals surface area (Å²) in [7, 11) is 1.98. The number of nitrogens with zero attached hydrogens (tertiary/aromatic N) is 2.